The van der Waals surface area contributed by atoms with Gasteiger partial charge in [-0.15, -0.1) is 0 Å². The molecule has 0 saturated carbocycles. The van der Waals surface area contributed by atoms with Gasteiger partial charge in [-0.3, -0.25) is 15.0 Å². The summed E-state index contributed by atoms with van der Waals surface area (Å²) in [5.41, 5.74) is 1.83. The van der Waals surface area contributed by atoms with Gasteiger partial charge in [-0.2, -0.15) is 19.0 Å². The number of hydrogen-bond donors (Lipinski definition) is 2. The Kier molecular flexibility index (Phi) is 12.7. The number of aromatic nitrogens is 5. The van der Waals surface area contributed by atoms with E-state index in [1.807, 2.05) is 51.1 Å². The van der Waals surface area contributed by atoms with Crippen molar-refractivity contribution in [2.75, 3.05) is 20.8 Å². The van der Waals surface area contributed by atoms with Gasteiger partial charge in [-0.05, 0) is 58.4 Å². The third kappa shape index (κ3) is 9.31. The Morgan fingerprint density at radius 2 is 1.73 bits per heavy atom. The van der Waals surface area contributed by atoms with Crippen LogP contribution in [0.5, 0.6) is 11.5 Å². The van der Waals surface area contributed by atoms with E-state index < -0.39 is 42.2 Å². The van der Waals surface area contributed by atoms with Gasteiger partial charge in [-0.25, -0.2) is 24.1 Å². The van der Waals surface area contributed by atoms with Crippen LogP contribution in [0.3, 0.4) is 0 Å². The van der Waals surface area contributed by atoms with Crippen molar-refractivity contribution in [1.82, 2.24) is 34.8 Å². The van der Waals surface area contributed by atoms with Crippen molar-refractivity contribution in [2.24, 2.45) is 10.4 Å². The molecule has 17 heteroatoms. The van der Waals surface area contributed by atoms with E-state index in [4.69, 9.17) is 30.8 Å². The van der Waals surface area contributed by atoms with Crippen LogP contribution in [0, 0.1) is 5.41 Å². The zero-order chi connectivity index (χ0) is 44.2. The first-order valence-electron chi connectivity index (χ1n) is 19.6. The van der Waals surface area contributed by atoms with Crippen molar-refractivity contribution < 1.29 is 37.7 Å². The highest BCUT2D eigenvalue weighted by molar-refractivity contribution is 6.33. The minimum absolute atomic E-state index is 0.0560. The number of aliphatic hydroxyl groups is 1. The van der Waals surface area contributed by atoms with E-state index in [-0.39, 0.29) is 24.8 Å². The molecule has 2 N–H and O–H groups in total. The fourth-order valence-electron chi connectivity index (χ4n) is 7.42. The summed E-state index contributed by atoms with van der Waals surface area (Å²) < 4.78 is 45.3. The standard InChI is InChI=1S/C45H45ClF2N8O6/c1-44(2,3)26-45(33-15-11-29(12-16-33)32-21-50-55(23-32)41(47)48)40(58)56(42(52-45)51-43(59)62-25-28-9-7-6-8-10-28)37(24-57)30-14-18-36(46)35(19-30)39-49-27-54(53-39)22-31-13-17-34(60-4)20-38(31)61-5/h6-21,23,27,37,41,57H,22,24-26H2,1-5H3,(H,51,52,59)/t37-,45-/m1/s1. The Morgan fingerprint density at radius 1 is 0.968 bits per heavy atom. The summed E-state index contributed by atoms with van der Waals surface area (Å²) >= 11 is 6.77. The fraction of sp³-hybridized carbons (Fsp3) is 0.289. The molecule has 322 valence electrons. The van der Waals surface area contributed by atoms with Gasteiger partial charge in [0.2, 0.25) is 5.96 Å². The lowest BCUT2D eigenvalue weighted by Crippen LogP contribution is -2.49. The maximum absolute atomic E-state index is 15.3. The summed E-state index contributed by atoms with van der Waals surface area (Å²) in [7, 11) is 3.14. The van der Waals surface area contributed by atoms with Gasteiger partial charge in [0.25, 0.3) is 5.91 Å². The van der Waals surface area contributed by atoms with Crippen molar-refractivity contribution in [3.8, 4) is 34.0 Å². The number of nitrogens with one attached hydrogen (secondary N) is 1. The number of alkyl halides is 2. The predicted molar refractivity (Wildman–Crippen MR) is 228 cm³/mol. The number of halogens is 3. The van der Waals surface area contributed by atoms with Gasteiger partial charge in [0.1, 0.15) is 24.4 Å². The number of methoxy groups -OCH3 is 2. The summed E-state index contributed by atoms with van der Waals surface area (Å²) in [6.07, 6.45) is 3.42. The number of nitrogens with zero attached hydrogens (tertiary/aromatic N) is 7. The monoisotopic (exact) mass is 866 g/mol. The number of carbonyl (C=O) groups excluding carboxylic acids is 2. The molecule has 62 heavy (non-hydrogen) atoms. The van der Waals surface area contributed by atoms with E-state index in [1.165, 1.54) is 17.3 Å². The topological polar surface area (TPSA) is 158 Å². The number of amides is 2. The van der Waals surface area contributed by atoms with Crippen LogP contribution in [0.1, 0.15) is 62.0 Å². The number of aliphatic hydroxyl groups excluding tert-OH is 1. The van der Waals surface area contributed by atoms with Crippen LogP contribution in [0.2, 0.25) is 5.02 Å². The average molecular weight is 867 g/mol. The lowest BCUT2D eigenvalue weighted by Gasteiger charge is -2.34. The van der Waals surface area contributed by atoms with Crippen LogP contribution in [0.15, 0.2) is 115 Å². The number of benzene rings is 4. The molecule has 6 aromatic rings. The summed E-state index contributed by atoms with van der Waals surface area (Å²) in [6.45, 7) is 2.74. The Labute approximate surface area is 361 Å². The zero-order valence-corrected chi connectivity index (χ0v) is 35.4. The summed E-state index contributed by atoms with van der Waals surface area (Å²) in [6, 6.07) is 25.2. The summed E-state index contributed by atoms with van der Waals surface area (Å²) in [5, 5.41) is 22.6. The number of alkyl carbamates (subject to hydrolysis) is 1. The van der Waals surface area contributed by atoms with E-state index in [9.17, 15) is 18.7 Å². The first kappa shape index (κ1) is 43.4. The van der Waals surface area contributed by atoms with Gasteiger partial charge >= 0.3 is 12.6 Å². The number of hydrogen-bond acceptors (Lipinski definition) is 10. The SMILES string of the molecule is COc1ccc(Cn2cnc(-c3cc([C@@H](CO)N4C(=O)[C@@](CC(C)(C)C)(c5ccc(-c6cnn(C(F)F)c6)cc5)N=C4NC(=O)OCc4ccccc4)ccc3Cl)n2)c(OC)c1. The van der Waals surface area contributed by atoms with Crippen molar-refractivity contribution >= 4 is 29.6 Å². The molecule has 2 atom stereocenters. The van der Waals surface area contributed by atoms with Crippen LogP contribution < -0.4 is 14.8 Å². The normalized spacial score (nSPS) is 15.7. The highest BCUT2D eigenvalue weighted by Gasteiger charge is 2.54. The molecule has 1 aliphatic heterocycles. The third-order valence-corrected chi connectivity index (χ3v) is 10.6. The van der Waals surface area contributed by atoms with Crippen LogP contribution in [-0.4, -0.2) is 73.3 Å². The van der Waals surface area contributed by atoms with Crippen molar-refractivity contribution in [1.29, 1.82) is 0 Å². The smallest absolute Gasteiger partial charge is 0.414 e. The number of carbonyl (C=O) groups is 2. The molecular formula is C45H45ClF2N8O6. The Morgan fingerprint density at radius 3 is 2.39 bits per heavy atom. The van der Waals surface area contributed by atoms with Crippen LogP contribution >= 0.6 is 11.6 Å². The molecule has 0 spiro atoms. The number of ether oxygens (including phenoxy) is 3. The molecule has 0 fully saturated rings. The molecule has 1 aliphatic rings. The molecular weight excluding hydrogens is 822 g/mol. The predicted octanol–water partition coefficient (Wildman–Crippen LogP) is 8.41. The van der Waals surface area contributed by atoms with Crippen LogP contribution in [0.4, 0.5) is 13.6 Å². The fourth-order valence-corrected chi connectivity index (χ4v) is 7.62. The molecule has 7 rings (SSSR count). The highest BCUT2D eigenvalue weighted by Crippen LogP contribution is 2.46. The second-order valence-corrected chi connectivity index (χ2v) is 16.2. The van der Waals surface area contributed by atoms with Crippen molar-refractivity contribution in [2.45, 2.75) is 58.5 Å². The number of guanidine groups is 1. The second kappa shape index (κ2) is 18.1. The van der Waals surface area contributed by atoms with E-state index >= 15 is 4.79 Å². The van der Waals surface area contributed by atoms with Crippen molar-refractivity contribution in [3.63, 3.8) is 0 Å². The van der Waals surface area contributed by atoms with Gasteiger partial charge in [0, 0.05) is 29.0 Å². The first-order chi connectivity index (χ1) is 29.7. The minimum Gasteiger partial charge on any atom is -0.497 e. The van der Waals surface area contributed by atoms with Gasteiger partial charge in [-0.1, -0.05) is 93.0 Å². The van der Waals surface area contributed by atoms with Crippen LogP contribution in [-0.2, 0) is 28.2 Å². The first-order valence-corrected chi connectivity index (χ1v) is 19.9. The number of aliphatic imine (C=N–C) groups is 1. The number of rotatable bonds is 14. The largest absolute Gasteiger partial charge is 0.497 e. The van der Waals surface area contributed by atoms with E-state index in [0.717, 1.165) is 11.1 Å². The highest BCUT2D eigenvalue weighted by atomic mass is 35.5. The van der Waals surface area contributed by atoms with Crippen molar-refractivity contribution in [3.05, 3.63) is 137 Å². The van der Waals surface area contributed by atoms with Gasteiger partial charge < -0.3 is 19.3 Å². The zero-order valence-electron chi connectivity index (χ0n) is 34.6. The average Bonchev–Trinajstić information content (AvgIpc) is 4.01. The maximum atomic E-state index is 15.3. The molecule has 0 radical (unpaired) electrons. The maximum Gasteiger partial charge on any atom is 0.414 e. The minimum atomic E-state index is -2.81. The van der Waals surface area contributed by atoms with Crippen LogP contribution in [0.25, 0.3) is 22.5 Å². The summed E-state index contributed by atoms with van der Waals surface area (Å²) in [4.78, 5) is 39.6. The Bertz CT molecular complexity index is 2580. The summed E-state index contributed by atoms with van der Waals surface area (Å²) in [5.74, 6) is 0.855. The third-order valence-electron chi connectivity index (χ3n) is 10.3. The van der Waals surface area contributed by atoms with Gasteiger partial charge in [0.05, 0.1) is 44.6 Å². The molecule has 0 unspecified atom stereocenters. The molecule has 0 saturated heterocycles. The molecule has 0 aliphatic carbocycles. The lowest BCUT2D eigenvalue weighted by molar-refractivity contribution is -0.135. The molecule has 2 amide bonds. The molecule has 14 nitrogen and oxygen atoms in total. The Balaban J connectivity index is 1.26. The van der Waals surface area contributed by atoms with E-state index in [2.05, 4.69) is 20.5 Å². The molecule has 0 bridgehead atoms. The molecule has 2 aromatic heterocycles. The lowest BCUT2D eigenvalue weighted by atomic mass is 9.75. The second-order valence-electron chi connectivity index (χ2n) is 15.8. The Hall–Kier alpha value is -6.65. The van der Waals surface area contributed by atoms with E-state index in [0.29, 0.717) is 55.6 Å². The molecule has 3 heterocycles. The molecule has 4 aromatic carbocycles. The van der Waals surface area contributed by atoms with Gasteiger partial charge in [0.15, 0.2) is 11.4 Å². The quantitative estimate of drug-likeness (QED) is 0.110. The van der Waals surface area contributed by atoms with E-state index in [1.54, 1.807) is 85.9 Å².